The van der Waals surface area contributed by atoms with Crippen molar-refractivity contribution in [3.8, 4) is 0 Å². The number of Topliss-reactive ketones (excluding diaryl/α,β-unsaturated/α-hetero) is 1. The van der Waals surface area contributed by atoms with Gasteiger partial charge in [-0.05, 0) is 12.5 Å². The van der Waals surface area contributed by atoms with Gasteiger partial charge in [-0.3, -0.25) is 4.79 Å². The molecule has 0 bridgehead atoms. The molecule has 0 N–H and O–H groups in total. The predicted octanol–water partition coefficient (Wildman–Crippen LogP) is 3.46. The first kappa shape index (κ1) is 11.5. The monoisotopic (exact) mass is 214 g/mol. The Balaban J connectivity index is 3.26. The fraction of sp³-hybridized carbons (Fsp3) is 0.182. The van der Waals surface area contributed by atoms with Gasteiger partial charge in [0.2, 0.25) is 0 Å². The van der Waals surface area contributed by atoms with Gasteiger partial charge in [-0.2, -0.15) is 13.2 Å². The summed E-state index contributed by atoms with van der Waals surface area (Å²) >= 11 is 0. The number of allylic oxidation sites excluding steroid dienone is 1. The molecule has 0 aromatic heterocycles. The molecule has 0 radical (unpaired) electrons. The largest absolute Gasteiger partial charge is 0.454 e. The van der Waals surface area contributed by atoms with Crippen LogP contribution in [0, 0.1) is 0 Å². The molecule has 0 aliphatic carbocycles. The maximum Gasteiger partial charge on any atom is 0.454 e. The number of carbonyl (C=O) groups is 1. The highest BCUT2D eigenvalue weighted by molar-refractivity contribution is 6.03. The van der Waals surface area contributed by atoms with Crippen molar-refractivity contribution in [2.24, 2.45) is 0 Å². The molecular weight excluding hydrogens is 205 g/mol. The Morgan fingerprint density at radius 3 is 2.07 bits per heavy atom. The van der Waals surface area contributed by atoms with E-state index in [-0.39, 0.29) is 11.1 Å². The van der Waals surface area contributed by atoms with E-state index in [2.05, 4.69) is 6.58 Å². The fourth-order valence-corrected chi connectivity index (χ4v) is 1.21. The normalized spacial score (nSPS) is 11.2. The highest BCUT2D eigenvalue weighted by Gasteiger charge is 2.40. The second-order valence-electron chi connectivity index (χ2n) is 3.15. The Morgan fingerprint density at radius 2 is 1.67 bits per heavy atom. The number of rotatable bonds is 2. The third-order valence-electron chi connectivity index (χ3n) is 1.89. The standard InChI is InChI=1S/C11H9F3O/c1-7(2)8-5-3-4-6-9(8)10(15)11(12,13)14/h3-6H,1H2,2H3. The molecule has 4 heteroatoms. The highest BCUT2D eigenvalue weighted by Crippen LogP contribution is 2.26. The van der Waals surface area contributed by atoms with Crippen molar-refractivity contribution in [1.29, 1.82) is 0 Å². The zero-order valence-corrected chi connectivity index (χ0v) is 8.06. The minimum atomic E-state index is -4.84. The molecule has 0 amide bonds. The Bertz CT molecular complexity index is 405. The Labute approximate surface area is 85.2 Å². The summed E-state index contributed by atoms with van der Waals surface area (Å²) in [6.45, 7) is 5.09. The molecule has 0 fully saturated rings. The van der Waals surface area contributed by atoms with Gasteiger partial charge in [-0.15, -0.1) is 0 Å². The minimum Gasteiger partial charge on any atom is -0.284 e. The molecule has 15 heavy (non-hydrogen) atoms. The van der Waals surface area contributed by atoms with Crippen LogP contribution >= 0.6 is 0 Å². The van der Waals surface area contributed by atoms with Gasteiger partial charge in [-0.1, -0.05) is 36.4 Å². The van der Waals surface area contributed by atoms with Crippen LogP contribution in [0.25, 0.3) is 5.57 Å². The lowest BCUT2D eigenvalue weighted by molar-refractivity contribution is -0.0885. The molecule has 1 aromatic carbocycles. The molecule has 0 saturated carbocycles. The van der Waals surface area contributed by atoms with Crippen LogP contribution in [0.5, 0.6) is 0 Å². The van der Waals surface area contributed by atoms with E-state index in [1.165, 1.54) is 12.1 Å². The van der Waals surface area contributed by atoms with Gasteiger partial charge in [0.05, 0.1) is 0 Å². The van der Waals surface area contributed by atoms with Gasteiger partial charge >= 0.3 is 6.18 Å². The first-order chi connectivity index (χ1) is 6.84. The van der Waals surface area contributed by atoms with E-state index in [0.29, 0.717) is 5.57 Å². The number of hydrogen-bond donors (Lipinski definition) is 0. The number of halogens is 3. The molecule has 0 spiro atoms. The molecule has 0 aliphatic rings. The highest BCUT2D eigenvalue weighted by atomic mass is 19.4. The zero-order valence-electron chi connectivity index (χ0n) is 8.06. The summed E-state index contributed by atoms with van der Waals surface area (Å²) in [5.41, 5.74) is 0.320. The fourth-order valence-electron chi connectivity index (χ4n) is 1.21. The van der Waals surface area contributed by atoms with Crippen molar-refractivity contribution in [3.05, 3.63) is 42.0 Å². The van der Waals surface area contributed by atoms with E-state index in [0.717, 1.165) is 6.07 Å². The van der Waals surface area contributed by atoms with Crippen LogP contribution in [0.1, 0.15) is 22.8 Å². The van der Waals surface area contributed by atoms with E-state index >= 15 is 0 Å². The Hall–Kier alpha value is -1.58. The number of benzene rings is 1. The molecule has 80 valence electrons. The van der Waals surface area contributed by atoms with E-state index in [9.17, 15) is 18.0 Å². The van der Waals surface area contributed by atoms with Crippen LogP contribution < -0.4 is 0 Å². The molecule has 1 aromatic rings. The van der Waals surface area contributed by atoms with Crippen molar-refractivity contribution in [3.63, 3.8) is 0 Å². The smallest absolute Gasteiger partial charge is 0.284 e. The lowest BCUT2D eigenvalue weighted by Gasteiger charge is -2.09. The van der Waals surface area contributed by atoms with Gasteiger partial charge < -0.3 is 0 Å². The summed E-state index contributed by atoms with van der Waals surface area (Å²) in [7, 11) is 0. The first-order valence-corrected chi connectivity index (χ1v) is 4.20. The van der Waals surface area contributed by atoms with E-state index in [1.54, 1.807) is 13.0 Å². The van der Waals surface area contributed by atoms with Gasteiger partial charge in [0.25, 0.3) is 5.78 Å². The van der Waals surface area contributed by atoms with Crippen LogP contribution in [-0.4, -0.2) is 12.0 Å². The second kappa shape index (κ2) is 3.88. The summed E-state index contributed by atoms with van der Waals surface area (Å²) in [5, 5.41) is 0. The molecule has 0 unspecified atom stereocenters. The molecule has 0 atom stereocenters. The second-order valence-corrected chi connectivity index (χ2v) is 3.15. The summed E-state index contributed by atoms with van der Waals surface area (Å²) in [4.78, 5) is 11.0. The zero-order chi connectivity index (χ0) is 11.6. The van der Waals surface area contributed by atoms with Gasteiger partial charge in [0, 0.05) is 5.56 Å². The quantitative estimate of drug-likeness (QED) is 0.689. The van der Waals surface area contributed by atoms with E-state index in [4.69, 9.17) is 0 Å². The lowest BCUT2D eigenvalue weighted by Crippen LogP contribution is -2.23. The molecule has 0 saturated heterocycles. The van der Waals surface area contributed by atoms with E-state index in [1.807, 2.05) is 0 Å². The number of ketones is 1. The first-order valence-electron chi connectivity index (χ1n) is 4.20. The predicted molar refractivity (Wildman–Crippen MR) is 51.5 cm³/mol. The molecule has 0 heterocycles. The van der Waals surface area contributed by atoms with Gasteiger partial charge in [-0.25, -0.2) is 0 Å². The minimum absolute atomic E-state index is 0.236. The molecule has 1 rings (SSSR count). The average molecular weight is 214 g/mol. The van der Waals surface area contributed by atoms with Crippen LogP contribution in [0.15, 0.2) is 30.8 Å². The topological polar surface area (TPSA) is 17.1 Å². The maximum absolute atomic E-state index is 12.2. The lowest BCUT2D eigenvalue weighted by atomic mass is 9.99. The third-order valence-corrected chi connectivity index (χ3v) is 1.89. The number of carbonyl (C=O) groups excluding carboxylic acids is 1. The Morgan fingerprint density at radius 1 is 1.20 bits per heavy atom. The number of hydrogen-bond acceptors (Lipinski definition) is 1. The molecule has 0 aliphatic heterocycles. The maximum atomic E-state index is 12.2. The third kappa shape index (κ3) is 2.46. The van der Waals surface area contributed by atoms with Crippen LogP contribution in [0.3, 0.4) is 0 Å². The molecular formula is C11H9F3O. The average Bonchev–Trinajstić information content (AvgIpc) is 2.15. The van der Waals surface area contributed by atoms with Crippen LogP contribution in [-0.2, 0) is 0 Å². The van der Waals surface area contributed by atoms with Crippen LogP contribution in [0.2, 0.25) is 0 Å². The summed E-state index contributed by atoms with van der Waals surface area (Å²) < 4.78 is 36.6. The van der Waals surface area contributed by atoms with Crippen molar-refractivity contribution in [2.75, 3.05) is 0 Å². The van der Waals surface area contributed by atoms with Gasteiger partial charge in [0.1, 0.15) is 0 Å². The van der Waals surface area contributed by atoms with Gasteiger partial charge in [0.15, 0.2) is 0 Å². The summed E-state index contributed by atoms with van der Waals surface area (Å²) in [6, 6.07) is 5.56. The van der Waals surface area contributed by atoms with Crippen LogP contribution in [0.4, 0.5) is 13.2 Å². The van der Waals surface area contributed by atoms with Crippen molar-refractivity contribution in [1.82, 2.24) is 0 Å². The number of alkyl halides is 3. The molecule has 1 nitrogen and oxygen atoms in total. The SMILES string of the molecule is C=C(C)c1ccccc1C(=O)C(F)(F)F. The van der Waals surface area contributed by atoms with Crippen molar-refractivity contribution >= 4 is 11.4 Å². The summed E-state index contributed by atoms with van der Waals surface area (Å²) in [5.74, 6) is -1.83. The van der Waals surface area contributed by atoms with Crippen molar-refractivity contribution < 1.29 is 18.0 Å². The summed E-state index contributed by atoms with van der Waals surface area (Å²) in [6.07, 6.45) is -4.84. The van der Waals surface area contributed by atoms with Crippen molar-refractivity contribution in [2.45, 2.75) is 13.1 Å². The Kier molecular flexibility index (Phi) is 2.98. The van der Waals surface area contributed by atoms with E-state index < -0.39 is 12.0 Å².